The van der Waals surface area contributed by atoms with Crippen LogP contribution in [0, 0.1) is 0 Å². The number of hydrogen-bond donors (Lipinski definition) is 1. The van der Waals surface area contributed by atoms with Gasteiger partial charge in [-0.2, -0.15) is 0 Å². The second-order valence-electron chi connectivity index (χ2n) is 7.72. The number of ether oxygens (including phenoxy) is 2. The topological polar surface area (TPSA) is 50.8 Å². The van der Waals surface area contributed by atoms with Crippen molar-refractivity contribution in [3.05, 3.63) is 54.1 Å². The van der Waals surface area contributed by atoms with Gasteiger partial charge in [0.2, 0.25) is 3.79 Å². The van der Waals surface area contributed by atoms with Crippen molar-refractivity contribution in [3.63, 3.8) is 0 Å². The smallest absolute Gasteiger partial charge is 0.252 e. The summed E-state index contributed by atoms with van der Waals surface area (Å²) in [5.41, 5.74) is 2.55. The fourth-order valence-corrected chi connectivity index (χ4v) is 4.10. The third kappa shape index (κ3) is 7.26. The molecule has 1 N–H and O–H groups in total. The van der Waals surface area contributed by atoms with Crippen molar-refractivity contribution in [1.82, 2.24) is 10.2 Å². The summed E-state index contributed by atoms with van der Waals surface area (Å²) in [6.45, 7) is 5.13. The van der Waals surface area contributed by atoms with Gasteiger partial charge in [-0.3, -0.25) is 9.69 Å². The molecule has 32 heavy (non-hydrogen) atoms. The Bertz CT molecular complexity index is 848. The first-order valence-corrected chi connectivity index (χ1v) is 12.0. The van der Waals surface area contributed by atoms with Crippen LogP contribution in [0.4, 0.5) is 0 Å². The van der Waals surface area contributed by atoms with E-state index in [9.17, 15) is 4.79 Å². The van der Waals surface area contributed by atoms with Crippen molar-refractivity contribution >= 4 is 40.7 Å². The van der Waals surface area contributed by atoms with Gasteiger partial charge in [0.15, 0.2) is 0 Å². The lowest BCUT2D eigenvalue weighted by atomic mass is 10.0. The van der Waals surface area contributed by atoms with E-state index < -0.39 is 9.96 Å². The van der Waals surface area contributed by atoms with Gasteiger partial charge >= 0.3 is 0 Å². The minimum absolute atomic E-state index is 0.296. The maximum Gasteiger partial charge on any atom is 0.252 e. The molecular weight excluding hydrogens is 471 g/mol. The number of rotatable bonds is 9. The highest BCUT2D eigenvalue weighted by molar-refractivity contribution is 6.68. The Hall–Kier alpha value is -1.50. The molecule has 0 unspecified atom stereocenters. The third-order valence-electron chi connectivity index (χ3n) is 5.34. The Morgan fingerprint density at radius 2 is 1.62 bits per heavy atom. The van der Waals surface area contributed by atoms with E-state index in [2.05, 4.69) is 12.2 Å². The first-order valence-electron chi connectivity index (χ1n) is 10.9. The summed E-state index contributed by atoms with van der Waals surface area (Å²) >= 11 is 18.5. The standard InChI is InChI=1S/C24H29Cl3N2O3/c1-2-3-4-15-32-21-11-9-19(10-12-21)18-5-7-20(8-6-18)22(30)28-23(24(25,26)27)29-13-16-31-17-14-29/h5-12,23H,2-4,13-17H2,1H3,(H,28,30)/t23-/m1/s1. The molecule has 174 valence electrons. The number of halogens is 3. The number of nitrogens with one attached hydrogen (secondary N) is 1. The Morgan fingerprint density at radius 1 is 1.03 bits per heavy atom. The zero-order chi connectivity index (χ0) is 23.0. The van der Waals surface area contributed by atoms with Gasteiger partial charge in [-0.1, -0.05) is 78.8 Å². The van der Waals surface area contributed by atoms with Crippen LogP contribution in [0.2, 0.25) is 0 Å². The number of amides is 1. The number of alkyl halides is 3. The van der Waals surface area contributed by atoms with Crippen molar-refractivity contribution < 1.29 is 14.3 Å². The molecule has 1 atom stereocenters. The quantitative estimate of drug-likeness (QED) is 0.356. The van der Waals surface area contributed by atoms with Crippen LogP contribution < -0.4 is 10.1 Å². The summed E-state index contributed by atoms with van der Waals surface area (Å²) in [5.74, 6) is 0.567. The first kappa shape index (κ1) is 25.1. The lowest BCUT2D eigenvalue weighted by Crippen LogP contribution is -2.58. The average Bonchev–Trinajstić information content (AvgIpc) is 2.80. The van der Waals surface area contributed by atoms with E-state index in [1.807, 2.05) is 41.3 Å². The van der Waals surface area contributed by atoms with Crippen LogP contribution in [0.5, 0.6) is 5.75 Å². The van der Waals surface area contributed by atoms with Crippen LogP contribution in [-0.2, 0) is 4.74 Å². The molecule has 1 amide bonds. The van der Waals surface area contributed by atoms with E-state index in [1.165, 1.54) is 12.8 Å². The molecular formula is C24H29Cl3N2O3. The van der Waals surface area contributed by atoms with E-state index in [0.717, 1.165) is 29.9 Å². The molecule has 1 aliphatic heterocycles. The largest absolute Gasteiger partial charge is 0.494 e. The number of morpholine rings is 1. The molecule has 3 rings (SSSR count). The molecule has 0 aliphatic carbocycles. The minimum atomic E-state index is -1.66. The number of benzene rings is 2. The molecule has 8 heteroatoms. The summed E-state index contributed by atoms with van der Waals surface area (Å²) < 4.78 is 9.46. The van der Waals surface area contributed by atoms with Gasteiger partial charge in [-0.05, 0) is 41.8 Å². The van der Waals surface area contributed by atoms with Crippen LogP contribution in [0.15, 0.2) is 48.5 Å². The maximum absolute atomic E-state index is 12.8. The summed E-state index contributed by atoms with van der Waals surface area (Å²) in [6.07, 6.45) is 2.67. The Morgan fingerprint density at radius 3 is 2.19 bits per heavy atom. The SMILES string of the molecule is CCCCCOc1ccc(-c2ccc(C(=O)N[C@H](N3CCOCC3)C(Cl)(Cl)Cl)cc2)cc1. The van der Waals surface area contributed by atoms with Crippen LogP contribution in [0.25, 0.3) is 11.1 Å². The van der Waals surface area contributed by atoms with Gasteiger partial charge in [0.05, 0.1) is 19.8 Å². The third-order valence-corrected chi connectivity index (χ3v) is 5.96. The molecule has 1 aliphatic rings. The summed E-state index contributed by atoms with van der Waals surface area (Å²) in [4.78, 5) is 14.7. The van der Waals surface area contributed by atoms with Crippen molar-refractivity contribution in [3.8, 4) is 16.9 Å². The Balaban J connectivity index is 1.62. The molecule has 0 saturated carbocycles. The van der Waals surface area contributed by atoms with E-state index >= 15 is 0 Å². The first-order chi connectivity index (χ1) is 15.4. The van der Waals surface area contributed by atoms with Crippen molar-refractivity contribution in [2.75, 3.05) is 32.9 Å². The van der Waals surface area contributed by atoms with E-state index in [0.29, 0.717) is 31.9 Å². The zero-order valence-electron chi connectivity index (χ0n) is 18.2. The van der Waals surface area contributed by atoms with E-state index in [4.69, 9.17) is 44.3 Å². The predicted molar refractivity (Wildman–Crippen MR) is 131 cm³/mol. The number of carbonyl (C=O) groups is 1. The fourth-order valence-electron chi connectivity index (χ4n) is 3.52. The summed E-state index contributed by atoms with van der Waals surface area (Å²) in [5, 5.41) is 2.86. The van der Waals surface area contributed by atoms with Crippen molar-refractivity contribution in [2.45, 2.75) is 36.1 Å². The number of hydrogen-bond acceptors (Lipinski definition) is 4. The zero-order valence-corrected chi connectivity index (χ0v) is 20.4. The van der Waals surface area contributed by atoms with Crippen molar-refractivity contribution in [1.29, 1.82) is 0 Å². The Labute approximate surface area is 204 Å². The second kappa shape index (κ2) is 12.1. The Kier molecular flexibility index (Phi) is 9.50. The van der Waals surface area contributed by atoms with Crippen LogP contribution in [0.3, 0.4) is 0 Å². The van der Waals surface area contributed by atoms with Crippen molar-refractivity contribution in [2.24, 2.45) is 0 Å². The monoisotopic (exact) mass is 498 g/mol. The lowest BCUT2D eigenvalue weighted by molar-refractivity contribution is 0.00996. The number of nitrogens with zero attached hydrogens (tertiary/aromatic N) is 1. The van der Waals surface area contributed by atoms with Crippen LogP contribution in [0.1, 0.15) is 36.5 Å². The summed E-state index contributed by atoms with van der Waals surface area (Å²) in [7, 11) is 0. The highest BCUT2D eigenvalue weighted by Crippen LogP contribution is 2.33. The van der Waals surface area contributed by atoms with E-state index in [1.54, 1.807) is 12.1 Å². The molecule has 5 nitrogen and oxygen atoms in total. The van der Waals surface area contributed by atoms with Gasteiger partial charge in [0, 0.05) is 18.7 Å². The van der Waals surface area contributed by atoms with Gasteiger partial charge in [0.25, 0.3) is 5.91 Å². The number of carbonyl (C=O) groups excluding carboxylic acids is 1. The molecule has 1 fully saturated rings. The van der Waals surface area contributed by atoms with Crippen LogP contribution >= 0.6 is 34.8 Å². The predicted octanol–water partition coefficient (Wildman–Crippen LogP) is 5.68. The fraction of sp³-hybridized carbons (Fsp3) is 0.458. The average molecular weight is 500 g/mol. The number of unbranched alkanes of at least 4 members (excludes halogenated alkanes) is 2. The molecule has 0 radical (unpaired) electrons. The maximum atomic E-state index is 12.8. The molecule has 1 heterocycles. The molecule has 0 aromatic heterocycles. The molecule has 0 bridgehead atoms. The molecule has 2 aromatic rings. The molecule has 1 saturated heterocycles. The molecule has 0 spiro atoms. The lowest BCUT2D eigenvalue weighted by Gasteiger charge is -2.38. The molecule has 2 aromatic carbocycles. The van der Waals surface area contributed by atoms with Gasteiger partial charge in [-0.25, -0.2) is 0 Å². The van der Waals surface area contributed by atoms with Gasteiger partial charge in [-0.15, -0.1) is 0 Å². The van der Waals surface area contributed by atoms with Crippen LogP contribution in [-0.4, -0.2) is 53.7 Å². The van der Waals surface area contributed by atoms with Gasteiger partial charge in [0.1, 0.15) is 11.9 Å². The highest BCUT2D eigenvalue weighted by atomic mass is 35.6. The highest BCUT2D eigenvalue weighted by Gasteiger charge is 2.39. The van der Waals surface area contributed by atoms with Gasteiger partial charge < -0.3 is 14.8 Å². The minimum Gasteiger partial charge on any atom is -0.494 e. The summed E-state index contributed by atoms with van der Waals surface area (Å²) in [6, 6.07) is 15.3. The second-order valence-corrected chi connectivity index (χ2v) is 10.1. The van der Waals surface area contributed by atoms with E-state index in [-0.39, 0.29) is 5.91 Å². The normalized spacial score (nSPS) is 15.9.